The summed E-state index contributed by atoms with van der Waals surface area (Å²) in [6.45, 7) is 3.85. The quantitative estimate of drug-likeness (QED) is 0.756. The second-order valence-corrected chi connectivity index (χ2v) is 6.94. The number of carboxylic acid groups (broad SMARTS) is 1. The molecular weight excluding hydrogens is 294 g/mol. The van der Waals surface area contributed by atoms with Crippen LogP contribution in [0.1, 0.15) is 6.42 Å². The second kappa shape index (κ2) is 6.28. The van der Waals surface area contributed by atoms with Crippen molar-refractivity contribution < 1.29 is 23.1 Å². The number of ether oxygens (including phenoxy) is 1. The van der Waals surface area contributed by atoms with Crippen LogP contribution in [0.15, 0.2) is 41.8 Å². The molecule has 114 valence electrons. The topological polar surface area (TPSA) is 92.7 Å². The highest BCUT2D eigenvalue weighted by molar-refractivity contribution is 7.92. The lowest BCUT2D eigenvalue weighted by atomic mass is 10.2. The lowest BCUT2D eigenvalue weighted by Gasteiger charge is -2.14. The van der Waals surface area contributed by atoms with Gasteiger partial charge in [0, 0.05) is 6.54 Å². The summed E-state index contributed by atoms with van der Waals surface area (Å²) in [7, 11) is -3.65. The van der Waals surface area contributed by atoms with E-state index in [0.717, 1.165) is 0 Å². The van der Waals surface area contributed by atoms with Crippen LogP contribution in [0.4, 0.5) is 0 Å². The fraction of sp³-hybridized carbons (Fsp3) is 0.357. The van der Waals surface area contributed by atoms with Gasteiger partial charge >= 0.3 is 5.97 Å². The first kappa shape index (κ1) is 15.5. The van der Waals surface area contributed by atoms with E-state index in [4.69, 9.17) is 9.84 Å². The second-order valence-electron chi connectivity index (χ2n) is 4.75. The van der Waals surface area contributed by atoms with E-state index in [-0.39, 0.29) is 30.2 Å². The third-order valence-electron chi connectivity index (χ3n) is 3.34. The van der Waals surface area contributed by atoms with E-state index < -0.39 is 27.1 Å². The summed E-state index contributed by atoms with van der Waals surface area (Å²) in [5.74, 6) is -0.778. The zero-order valence-electron chi connectivity index (χ0n) is 11.4. The van der Waals surface area contributed by atoms with Crippen LogP contribution in [0.3, 0.4) is 0 Å². The first-order valence-electron chi connectivity index (χ1n) is 6.49. The number of para-hydroxylation sites is 1. The van der Waals surface area contributed by atoms with Crippen molar-refractivity contribution in [2.24, 2.45) is 0 Å². The van der Waals surface area contributed by atoms with Gasteiger partial charge in [-0.1, -0.05) is 24.8 Å². The van der Waals surface area contributed by atoms with E-state index in [0.29, 0.717) is 0 Å². The van der Waals surface area contributed by atoms with Gasteiger partial charge in [0.25, 0.3) is 0 Å². The summed E-state index contributed by atoms with van der Waals surface area (Å²) in [6, 6.07) is 5.52. The Morgan fingerprint density at radius 1 is 1.48 bits per heavy atom. The summed E-state index contributed by atoms with van der Waals surface area (Å²) in [5, 5.41) is 10.9. The molecule has 1 aromatic carbocycles. The van der Waals surface area contributed by atoms with Crippen molar-refractivity contribution in [3.05, 3.63) is 36.9 Å². The van der Waals surface area contributed by atoms with Gasteiger partial charge in [-0.2, -0.15) is 0 Å². The number of carbonyl (C=O) groups is 1. The fourth-order valence-electron chi connectivity index (χ4n) is 2.26. The van der Waals surface area contributed by atoms with Crippen LogP contribution in [-0.4, -0.2) is 43.9 Å². The molecule has 6 nitrogen and oxygen atoms in total. The Morgan fingerprint density at radius 3 is 2.81 bits per heavy atom. The number of sulfone groups is 1. The van der Waals surface area contributed by atoms with Crippen LogP contribution < -0.4 is 10.1 Å². The van der Waals surface area contributed by atoms with Crippen molar-refractivity contribution in [1.29, 1.82) is 0 Å². The first-order chi connectivity index (χ1) is 9.96. The van der Waals surface area contributed by atoms with Crippen LogP contribution in [0, 0.1) is 0 Å². The Kier molecular flexibility index (Phi) is 4.64. The molecule has 1 aromatic rings. The molecule has 1 fully saturated rings. The van der Waals surface area contributed by atoms with E-state index >= 15 is 0 Å². The maximum atomic E-state index is 12.6. The Morgan fingerprint density at radius 2 is 2.19 bits per heavy atom. The van der Waals surface area contributed by atoms with E-state index in [9.17, 15) is 13.2 Å². The first-order valence-corrected chi connectivity index (χ1v) is 8.04. The minimum absolute atomic E-state index is 0.0491. The molecule has 21 heavy (non-hydrogen) atoms. The third-order valence-corrected chi connectivity index (χ3v) is 5.53. The predicted molar refractivity (Wildman–Crippen MR) is 77.2 cm³/mol. The van der Waals surface area contributed by atoms with E-state index in [1.807, 2.05) is 0 Å². The van der Waals surface area contributed by atoms with Crippen molar-refractivity contribution in [3.8, 4) is 5.75 Å². The van der Waals surface area contributed by atoms with Gasteiger partial charge in [-0.15, -0.1) is 0 Å². The van der Waals surface area contributed by atoms with Crippen molar-refractivity contribution in [2.45, 2.75) is 22.6 Å². The minimum Gasteiger partial charge on any atom is -0.488 e. The van der Waals surface area contributed by atoms with Crippen LogP contribution in [0.5, 0.6) is 5.75 Å². The largest absolute Gasteiger partial charge is 0.488 e. The molecule has 1 aliphatic rings. The molecule has 1 aliphatic heterocycles. The summed E-state index contributed by atoms with van der Waals surface area (Å²) >= 11 is 0. The number of nitrogens with one attached hydrogen (secondary N) is 1. The zero-order valence-corrected chi connectivity index (χ0v) is 12.2. The number of benzene rings is 1. The Labute approximate surface area is 123 Å². The molecule has 1 saturated heterocycles. The van der Waals surface area contributed by atoms with Crippen molar-refractivity contribution in [1.82, 2.24) is 5.32 Å². The molecule has 0 spiro atoms. The highest BCUT2D eigenvalue weighted by atomic mass is 32.2. The zero-order chi connectivity index (χ0) is 15.5. The minimum atomic E-state index is -3.65. The molecule has 0 amide bonds. The van der Waals surface area contributed by atoms with Gasteiger partial charge in [0.15, 0.2) is 9.84 Å². The summed E-state index contributed by atoms with van der Waals surface area (Å²) < 4.78 is 30.7. The summed E-state index contributed by atoms with van der Waals surface area (Å²) in [6.07, 6.45) is 1.58. The molecule has 0 saturated carbocycles. The van der Waals surface area contributed by atoms with Gasteiger partial charge in [-0.3, -0.25) is 4.79 Å². The van der Waals surface area contributed by atoms with Gasteiger partial charge in [-0.05, 0) is 18.6 Å². The highest BCUT2D eigenvalue weighted by Crippen LogP contribution is 2.30. The fourth-order valence-corrected chi connectivity index (χ4v) is 4.06. The van der Waals surface area contributed by atoms with Crippen molar-refractivity contribution >= 4 is 15.8 Å². The number of hydrogen-bond donors (Lipinski definition) is 2. The highest BCUT2D eigenvalue weighted by Gasteiger charge is 2.39. The number of aliphatic carboxylic acids is 1. The van der Waals surface area contributed by atoms with Crippen molar-refractivity contribution in [3.63, 3.8) is 0 Å². The molecule has 0 unspecified atom stereocenters. The van der Waals surface area contributed by atoms with Gasteiger partial charge in [0.05, 0.1) is 5.25 Å². The lowest BCUT2D eigenvalue weighted by Crippen LogP contribution is -2.30. The Bertz CT molecular complexity index is 641. The Balaban J connectivity index is 2.28. The summed E-state index contributed by atoms with van der Waals surface area (Å²) in [5.41, 5.74) is 0. The molecule has 2 atom stereocenters. The molecule has 0 bridgehead atoms. The van der Waals surface area contributed by atoms with Gasteiger partial charge in [0.2, 0.25) is 0 Å². The maximum absolute atomic E-state index is 12.6. The Hall–Kier alpha value is -1.86. The number of carboxylic acids is 1. The molecule has 0 aliphatic carbocycles. The predicted octanol–water partition coefficient (Wildman–Crippen LogP) is 0.840. The molecule has 2 N–H and O–H groups in total. The molecule has 2 rings (SSSR count). The maximum Gasteiger partial charge on any atom is 0.320 e. The average Bonchev–Trinajstić information content (AvgIpc) is 2.96. The van der Waals surface area contributed by atoms with E-state index in [1.54, 1.807) is 18.2 Å². The molecular formula is C14H17NO5S. The van der Waals surface area contributed by atoms with Gasteiger partial charge in [0.1, 0.15) is 23.3 Å². The van der Waals surface area contributed by atoms with Gasteiger partial charge < -0.3 is 15.2 Å². The molecule has 0 radical (unpaired) electrons. The lowest BCUT2D eigenvalue weighted by molar-refractivity contribution is -0.139. The standard InChI is InChI=1S/C14H17NO5S/c1-2-7-20-12-5-3-4-6-13(12)21(18,19)10-8-11(14(16)17)15-9-10/h2-6,10-11,15H,1,7-9H2,(H,16,17)/t10-,11+/m1/s1. The number of rotatable bonds is 6. The van der Waals surface area contributed by atoms with Crippen LogP contribution in [0.2, 0.25) is 0 Å². The number of hydrogen-bond acceptors (Lipinski definition) is 5. The van der Waals surface area contributed by atoms with Crippen LogP contribution >= 0.6 is 0 Å². The molecule has 1 heterocycles. The van der Waals surface area contributed by atoms with Crippen molar-refractivity contribution in [2.75, 3.05) is 13.2 Å². The van der Waals surface area contributed by atoms with Gasteiger partial charge in [-0.25, -0.2) is 8.42 Å². The third kappa shape index (κ3) is 3.25. The molecule has 0 aromatic heterocycles. The van der Waals surface area contributed by atoms with E-state index in [2.05, 4.69) is 11.9 Å². The normalized spacial score (nSPS) is 21.9. The van der Waals surface area contributed by atoms with Crippen LogP contribution in [-0.2, 0) is 14.6 Å². The summed E-state index contributed by atoms with van der Waals surface area (Å²) in [4.78, 5) is 11.0. The SMILES string of the molecule is C=CCOc1ccccc1S(=O)(=O)[C@H]1CN[C@H](C(=O)O)C1. The smallest absolute Gasteiger partial charge is 0.320 e. The average molecular weight is 311 g/mol. The van der Waals surface area contributed by atoms with E-state index in [1.165, 1.54) is 12.1 Å². The monoisotopic (exact) mass is 311 g/mol. The molecule has 7 heteroatoms. The van der Waals surface area contributed by atoms with Crippen LogP contribution in [0.25, 0.3) is 0 Å².